The molecule has 0 aliphatic carbocycles. The molecule has 0 bridgehead atoms. The summed E-state index contributed by atoms with van der Waals surface area (Å²) < 4.78 is 34.1. The van der Waals surface area contributed by atoms with Gasteiger partial charge in [0.25, 0.3) is 0 Å². The Bertz CT molecular complexity index is 1780. The fourth-order valence-corrected chi connectivity index (χ4v) is 11.0. The SMILES string of the molecule is CC/C=C\C/C=C\C/C=C\C/C=C\C/C=C\CCCCCCCCCCCCCCCCCCCCCCCC(=O)NC(COC1OC(CO)C(OC2OC(CO)C(OC3OC(CO)C(O)C(O)C3O)C(O)C2O)C(O)C1O)C(O)CCCCC. The van der Waals surface area contributed by atoms with Crippen LogP contribution in [0.1, 0.15) is 219 Å². The number of nitrogens with one attached hydrogen (secondary N) is 1. The third kappa shape index (κ3) is 31.2. The molecule has 1 amide bonds. The van der Waals surface area contributed by atoms with E-state index in [2.05, 4.69) is 73.0 Å². The third-order valence-corrected chi connectivity index (χ3v) is 16.4. The average molecular weight is 1210 g/mol. The minimum atomic E-state index is -1.97. The monoisotopic (exact) mass is 1210 g/mol. The van der Waals surface area contributed by atoms with Crippen LogP contribution in [0.5, 0.6) is 0 Å². The van der Waals surface area contributed by atoms with Gasteiger partial charge >= 0.3 is 0 Å². The van der Waals surface area contributed by atoms with E-state index >= 15 is 0 Å². The lowest BCUT2D eigenvalue weighted by Crippen LogP contribution is -2.66. The summed E-state index contributed by atoms with van der Waals surface area (Å²) in [4.78, 5) is 13.2. The first-order valence-corrected chi connectivity index (χ1v) is 33.0. The highest BCUT2D eigenvalue weighted by Crippen LogP contribution is 2.33. The van der Waals surface area contributed by atoms with Crippen LogP contribution in [0.15, 0.2) is 60.8 Å². The van der Waals surface area contributed by atoms with Gasteiger partial charge in [0.1, 0.15) is 73.2 Å². The molecule has 12 N–H and O–H groups in total. The van der Waals surface area contributed by atoms with Crippen molar-refractivity contribution in [2.45, 2.75) is 324 Å². The van der Waals surface area contributed by atoms with Crippen molar-refractivity contribution < 1.29 is 89.4 Å². The zero-order valence-electron chi connectivity index (χ0n) is 51.8. The van der Waals surface area contributed by atoms with Gasteiger partial charge in [-0.1, -0.05) is 216 Å². The number of ether oxygens (including phenoxy) is 6. The second kappa shape index (κ2) is 48.4. The Morgan fingerprint density at radius 3 is 1.25 bits per heavy atom. The van der Waals surface area contributed by atoms with E-state index in [1.165, 1.54) is 116 Å². The van der Waals surface area contributed by atoms with E-state index in [9.17, 15) is 61.0 Å². The highest BCUT2D eigenvalue weighted by Gasteiger charge is 2.53. The number of hydrogen-bond donors (Lipinski definition) is 12. The summed E-state index contributed by atoms with van der Waals surface area (Å²) >= 11 is 0. The molecule has 3 rings (SSSR count). The van der Waals surface area contributed by atoms with Gasteiger partial charge in [-0.3, -0.25) is 4.79 Å². The maximum Gasteiger partial charge on any atom is 0.220 e. The highest BCUT2D eigenvalue weighted by molar-refractivity contribution is 5.76. The van der Waals surface area contributed by atoms with Gasteiger partial charge in [-0.25, -0.2) is 0 Å². The van der Waals surface area contributed by atoms with Crippen LogP contribution in [-0.2, 0) is 33.2 Å². The quantitative estimate of drug-likeness (QED) is 0.0206. The lowest BCUT2D eigenvalue weighted by Gasteiger charge is -2.48. The lowest BCUT2D eigenvalue weighted by molar-refractivity contribution is -0.379. The normalized spacial score (nSPS) is 29.4. The molecule has 0 aromatic heterocycles. The maximum atomic E-state index is 13.2. The lowest BCUT2D eigenvalue weighted by atomic mass is 9.96. The van der Waals surface area contributed by atoms with Gasteiger partial charge in [-0.15, -0.1) is 0 Å². The van der Waals surface area contributed by atoms with E-state index < -0.39 is 124 Å². The minimum absolute atomic E-state index is 0.254. The largest absolute Gasteiger partial charge is 0.394 e. The predicted molar refractivity (Wildman–Crippen MR) is 328 cm³/mol. The van der Waals surface area contributed by atoms with Gasteiger partial charge < -0.3 is 89.9 Å². The second-order valence-corrected chi connectivity index (χ2v) is 23.6. The molecule has 0 saturated carbocycles. The predicted octanol–water partition coefficient (Wildman–Crippen LogP) is 7.60. The molecule has 0 spiro atoms. The van der Waals surface area contributed by atoms with E-state index in [-0.39, 0.29) is 18.9 Å². The summed E-state index contributed by atoms with van der Waals surface area (Å²) in [6, 6.07) is -0.882. The van der Waals surface area contributed by atoms with Crippen LogP contribution in [-0.4, -0.2) is 193 Å². The average Bonchev–Trinajstić information content (AvgIpc) is 3.44. The number of carbonyl (C=O) groups is 1. The standard InChI is InChI=1S/C66H117NO18/c1-3-5-7-8-9-10-11-12-13-14-15-16-17-18-19-20-21-22-23-24-25-26-27-28-29-30-31-32-33-34-35-36-37-38-39-40-42-44-54(72)67-49(50(71)43-41-6-4-2)48-80-64-60(78)57(75)62(52(46-69)82-64)85-66-61(79)58(76)63(53(47-70)83-66)84-65-59(77)56(74)55(73)51(45-68)81-65/h5,7,9-10,12-13,15-16,18-19,49-53,55-66,68-71,73-79H,3-4,6,8,11,14,17,20-48H2,1-2H3,(H,67,72)/b7-5-,10-9-,13-12-,16-15-,19-18-. The van der Waals surface area contributed by atoms with Crippen molar-refractivity contribution in [1.29, 1.82) is 0 Å². The molecular weight excluding hydrogens is 1090 g/mol. The van der Waals surface area contributed by atoms with Gasteiger partial charge in [0.15, 0.2) is 18.9 Å². The highest BCUT2D eigenvalue weighted by atomic mass is 16.8. The Balaban J connectivity index is 1.21. The van der Waals surface area contributed by atoms with Crippen LogP contribution in [0.3, 0.4) is 0 Å². The smallest absolute Gasteiger partial charge is 0.220 e. The molecule has 3 aliphatic heterocycles. The summed E-state index contributed by atoms with van der Waals surface area (Å²) in [7, 11) is 0. The Morgan fingerprint density at radius 1 is 0.435 bits per heavy atom. The van der Waals surface area contributed by atoms with Gasteiger partial charge in [-0.2, -0.15) is 0 Å². The van der Waals surface area contributed by atoms with E-state index in [4.69, 9.17) is 28.4 Å². The molecule has 0 aromatic carbocycles. The Hall–Kier alpha value is -2.51. The Kier molecular flexibility index (Phi) is 43.7. The first-order chi connectivity index (χ1) is 41.3. The number of aliphatic hydroxyl groups excluding tert-OH is 11. The molecule has 3 saturated heterocycles. The van der Waals surface area contributed by atoms with Crippen LogP contribution in [0, 0.1) is 0 Å². The number of unbranched alkanes of at least 4 members (excludes halogenated alkanes) is 23. The van der Waals surface area contributed by atoms with Gasteiger partial charge in [0, 0.05) is 6.42 Å². The molecule has 19 nitrogen and oxygen atoms in total. The van der Waals surface area contributed by atoms with Crippen molar-refractivity contribution in [3.05, 3.63) is 60.8 Å². The summed E-state index contributed by atoms with van der Waals surface area (Å²) in [6.07, 6.45) is 31.9. The van der Waals surface area contributed by atoms with Crippen molar-refractivity contribution in [3.8, 4) is 0 Å². The molecule has 17 atom stereocenters. The van der Waals surface area contributed by atoms with E-state index in [0.717, 1.165) is 64.2 Å². The minimum Gasteiger partial charge on any atom is -0.394 e. The molecule has 0 aromatic rings. The summed E-state index contributed by atoms with van der Waals surface area (Å²) in [5, 5.41) is 119. The zero-order chi connectivity index (χ0) is 61.9. The molecule has 3 fully saturated rings. The van der Waals surface area contributed by atoms with Crippen LogP contribution >= 0.6 is 0 Å². The van der Waals surface area contributed by atoms with E-state index in [1.54, 1.807) is 0 Å². The van der Waals surface area contributed by atoms with Crippen LogP contribution in [0.4, 0.5) is 0 Å². The van der Waals surface area contributed by atoms with Crippen LogP contribution in [0.2, 0.25) is 0 Å². The molecule has 0 radical (unpaired) electrons. The maximum absolute atomic E-state index is 13.2. The second-order valence-electron chi connectivity index (χ2n) is 23.6. The van der Waals surface area contributed by atoms with E-state index in [1.807, 2.05) is 6.92 Å². The van der Waals surface area contributed by atoms with E-state index in [0.29, 0.717) is 19.3 Å². The van der Waals surface area contributed by atoms with Gasteiger partial charge in [0.05, 0.1) is 38.6 Å². The van der Waals surface area contributed by atoms with Crippen molar-refractivity contribution >= 4 is 5.91 Å². The summed E-state index contributed by atoms with van der Waals surface area (Å²) in [5.74, 6) is -0.254. The molecule has 19 heteroatoms. The van der Waals surface area contributed by atoms with Crippen molar-refractivity contribution in [3.63, 3.8) is 0 Å². The summed E-state index contributed by atoms with van der Waals surface area (Å²) in [6.45, 7) is 1.48. The number of allylic oxidation sites excluding steroid dienone is 10. The Labute approximate surface area is 509 Å². The molecule has 3 aliphatic rings. The van der Waals surface area contributed by atoms with Crippen molar-refractivity contribution in [2.24, 2.45) is 0 Å². The first kappa shape index (κ1) is 76.7. The number of aliphatic hydroxyl groups is 11. The number of hydrogen-bond acceptors (Lipinski definition) is 18. The van der Waals surface area contributed by atoms with Gasteiger partial charge in [0.2, 0.25) is 5.91 Å². The number of carbonyl (C=O) groups excluding carboxylic acids is 1. The third-order valence-electron chi connectivity index (χ3n) is 16.4. The molecule has 3 heterocycles. The molecule has 494 valence electrons. The first-order valence-electron chi connectivity index (χ1n) is 33.0. The molecular formula is C66H117NO18. The number of amides is 1. The fourth-order valence-electron chi connectivity index (χ4n) is 11.0. The topological polar surface area (TPSA) is 307 Å². The van der Waals surface area contributed by atoms with Crippen molar-refractivity contribution in [2.75, 3.05) is 26.4 Å². The van der Waals surface area contributed by atoms with Crippen LogP contribution in [0.25, 0.3) is 0 Å². The number of rotatable bonds is 49. The molecule has 17 unspecified atom stereocenters. The fraction of sp³-hybridized carbons (Fsp3) is 0.833. The van der Waals surface area contributed by atoms with Crippen molar-refractivity contribution in [1.82, 2.24) is 5.32 Å². The molecule has 85 heavy (non-hydrogen) atoms. The Morgan fingerprint density at radius 2 is 0.812 bits per heavy atom. The summed E-state index contributed by atoms with van der Waals surface area (Å²) in [5.41, 5.74) is 0. The van der Waals surface area contributed by atoms with Crippen LogP contribution < -0.4 is 5.32 Å². The zero-order valence-corrected chi connectivity index (χ0v) is 51.8. The van der Waals surface area contributed by atoms with Gasteiger partial charge in [-0.05, 0) is 57.8 Å².